The molecule has 0 spiro atoms. The number of hydrogen-bond donors (Lipinski definition) is 1. The Kier molecular flexibility index (Phi) is 4.31. The Bertz CT molecular complexity index is 988. The second-order valence-electron chi connectivity index (χ2n) is 6.35. The average Bonchev–Trinajstić information content (AvgIpc) is 3.29. The van der Waals surface area contributed by atoms with E-state index in [0.717, 1.165) is 40.6 Å². The third-order valence-electron chi connectivity index (χ3n) is 4.40. The van der Waals surface area contributed by atoms with Gasteiger partial charge in [0, 0.05) is 36.6 Å². The van der Waals surface area contributed by atoms with Gasteiger partial charge in [0.2, 0.25) is 0 Å². The van der Waals surface area contributed by atoms with Crippen LogP contribution in [-0.4, -0.2) is 29.5 Å². The summed E-state index contributed by atoms with van der Waals surface area (Å²) < 4.78 is 2.18. The maximum absolute atomic E-state index is 4.71. The fourth-order valence-corrected chi connectivity index (χ4v) is 3.15. The average molecular weight is 344 g/mol. The van der Waals surface area contributed by atoms with E-state index in [1.807, 2.05) is 43.8 Å². The number of H-pyrrole nitrogens is 1. The molecule has 0 unspecified atom stereocenters. The molecule has 1 aromatic carbocycles. The highest BCUT2D eigenvalue weighted by atomic mass is 15.1. The fourth-order valence-electron chi connectivity index (χ4n) is 3.15. The summed E-state index contributed by atoms with van der Waals surface area (Å²) in [6, 6.07) is 10.4. The van der Waals surface area contributed by atoms with Gasteiger partial charge in [0.15, 0.2) is 0 Å². The van der Waals surface area contributed by atoms with Gasteiger partial charge in [0.1, 0.15) is 5.82 Å². The lowest BCUT2D eigenvalue weighted by Gasteiger charge is -2.16. The third kappa shape index (κ3) is 3.13. The Morgan fingerprint density at radius 1 is 1.04 bits per heavy atom. The topological polar surface area (TPSA) is 72.3 Å². The van der Waals surface area contributed by atoms with Gasteiger partial charge in [-0.2, -0.15) is 0 Å². The molecule has 3 aromatic heterocycles. The molecule has 6 heteroatoms. The lowest BCUT2D eigenvalue weighted by Crippen LogP contribution is -2.10. The Morgan fingerprint density at radius 2 is 1.88 bits per heavy atom. The number of nitrogens with zero attached hydrogens (tertiary/aromatic N) is 5. The first-order chi connectivity index (χ1) is 12.7. The van der Waals surface area contributed by atoms with Gasteiger partial charge in [-0.15, -0.1) is 0 Å². The molecule has 26 heavy (non-hydrogen) atoms. The molecule has 0 fully saturated rings. The minimum absolute atomic E-state index is 0.176. The van der Waals surface area contributed by atoms with E-state index in [1.54, 1.807) is 12.4 Å². The van der Waals surface area contributed by atoms with Crippen LogP contribution in [0, 0.1) is 6.92 Å². The molecule has 0 saturated heterocycles. The number of aryl methyl sites for hydroxylation is 1. The van der Waals surface area contributed by atoms with Crippen molar-refractivity contribution in [3.63, 3.8) is 0 Å². The van der Waals surface area contributed by atoms with E-state index in [2.05, 4.69) is 43.6 Å². The summed E-state index contributed by atoms with van der Waals surface area (Å²) in [5, 5.41) is 0. The first-order valence-electron chi connectivity index (χ1n) is 8.61. The Balaban J connectivity index is 1.78. The van der Waals surface area contributed by atoms with Gasteiger partial charge in [0.25, 0.3) is 0 Å². The highest BCUT2D eigenvalue weighted by Crippen LogP contribution is 2.32. The number of aromatic nitrogens is 6. The Labute approximate surface area is 152 Å². The zero-order valence-corrected chi connectivity index (χ0v) is 14.8. The Hall–Kier alpha value is -3.28. The molecule has 0 saturated carbocycles. The minimum Gasteiger partial charge on any atom is -0.341 e. The molecule has 1 atom stereocenters. The van der Waals surface area contributed by atoms with Gasteiger partial charge >= 0.3 is 0 Å². The monoisotopic (exact) mass is 344 g/mol. The van der Waals surface area contributed by atoms with Crippen LogP contribution in [0.2, 0.25) is 0 Å². The molecule has 3 heterocycles. The molecular formula is C20H20N6. The number of hydrogen-bond acceptors (Lipinski definition) is 4. The number of rotatable bonds is 5. The lowest BCUT2D eigenvalue weighted by atomic mass is 10.1. The molecule has 1 N–H and O–H groups in total. The van der Waals surface area contributed by atoms with Gasteiger partial charge in [0.05, 0.1) is 35.3 Å². The fraction of sp³-hybridized carbons (Fsp3) is 0.200. The molecule has 0 amide bonds. The number of nitrogens with one attached hydrogen (secondary N) is 1. The van der Waals surface area contributed by atoms with Crippen LogP contribution in [0.5, 0.6) is 0 Å². The van der Waals surface area contributed by atoms with Crippen molar-refractivity contribution in [2.24, 2.45) is 0 Å². The molecule has 4 aromatic rings. The van der Waals surface area contributed by atoms with Crippen LogP contribution in [0.15, 0.2) is 61.4 Å². The second kappa shape index (κ2) is 6.92. The SMILES string of the molecule is Cc1ncc(-c2c(-c3ccccc3)ncn2[C@@H](C)Cc2cnccn2)[nH]1. The van der Waals surface area contributed by atoms with Crippen molar-refractivity contribution >= 4 is 0 Å². The molecule has 4 rings (SSSR count). The van der Waals surface area contributed by atoms with E-state index < -0.39 is 0 Å². The maximum Gasteiger partial charge on any atom is 0.103 e. The summed E-state index contributed by atoms with van der Waals surface area (Å²) in [6.45, 7) is 4.12. The second-order valence-corrected chi connectivity index (χ2v) is 6.35. The molecule has 130 valence electrons. The van der Waals surface area contributed by atoms with E-state index in [4.69, 9.17) is 4.98 Å². The van der Waals surface area contributed by atoms with Crippen LogP contribution < -0.4 is 0 Å². The van der Waals surface area contributed by atoms with Crippen molar-refractivity contribution < 1.29 is 0 Å². The van der Waals surface area contributed by atoms with Gasteiger partial charge in [-0.25, -0.2) is 9.97 Å². The predicted octanol–water partition coefficient (Wildman–Crippen LogP) is 3.84. The van der Waals surface area contributed by atoms with Crippen LogP contribution in [0.25, 0.3) is 22.6 Å². The summed E-state index contributed by atoms with van der Waals surface area (Å²) in [5.41, 5.74) is 4.99. The molecule has 0 aliphatic heterocycles. The van der Waals surface area contributed by atoms with Crippen molar-refractivity contribution in [2.75, 3.05) is 0 Å². The molecule has 0 radical (unpaired) electrons. The quantitative estimate of drug-likeness (QED) is 0.597. The molecule has 0 aliphatic rings. The zero-order chi connectivity index (χ0) is 17.9. The van der Waals surface area contributed by atoms with Gasteiger partial charge < -0.3 is 9.55 Å². The van der Waals surface area contributed by atoms with E-state index in [1.165, 1.54) is 0 Å². The Morgan fingerprint density at radius 3 is 2.58 bits per heavy atom. The van der Waals surface area contributed by atoms with Crippen LogP contribution in [0.4, 0.5) is 0 Å². The van der Waals surface area contributed by atoms with E-state index in [-0.39, 0.29) is 6.04 Å². The summed E-state index contributed by atoms with van der Waals surface area (Å²) in [7, 11) is 0. The predicted molar refractivity (Wildman–Crippen MR) is 100 cm³/mol. The van der Waals surface area contributed by atoms with Crippen molar-refractivity contribution in [3.8, 4) is 22.6 Å². The molecule has 0 aliphatic carbocycles. The smallest absolute Gasteiger partial charge is 0.103 e. The largest absolute Gasteiger partial charge is 0.341 e. The lowest BCUT2D eigenvalue weighted by molar-refractivity contribution is 0.541. The van der Waals surface area contributed by atoms with E-state index >= 15 is 0 Å². The van der Waals surface area contributed by atoms with Gasteiger partial charge in [-0.05, 0) is 13.8 Å². The summed E-state index contributed by atoms with van der Waals surface area (Å²) in [5.74, 6) is 0.883. The normalized spacial score (nSPS) is 12.2. The van der Waals surface area contributed by atoms with Gasteiger partial charge in [-0.3, -0.25) is 9.97 Å². The van der Waals surface area contributed by atoms with Crippen molar-refractivity contribution in [1.29, 1.82) is 0 Å². The first kappa shape index (κ1) is 16.2. The first-order valence-corrected chi connectivity index (χ1v) is 8.61. The van der Waals surface area contributed by atoms with Crippen molar-refractivity contribution in [1.82, 2.24) is 29.5 Å². The standard InChI is InChI=1S/C20H20N6/c1-14(10-17-11-21-8-9-22-17)26-13-24-19(16-6-4-3-5-7-16)20(26)18-12-23-15(2)25-18/h3-9,11-14H,10H2,1-2H3,(H,23,25)/t14-/m0/s1. The highest BCUT2D eigenvalue weighted by molar-refractivity contribution is 5.76. The number of imidazole rings is 2. The molecule has 6 nitrogen and oxygen atoms in total. The summed E-state index contributed by atoms with van der Waals surface area (Å²) in [6.07, 6.45) is 9.77. The van der Waals surface area contributed by atoms with Crippen LogP contribution in [0.3, 0.4) is 0 Å². The number of aromatic amines is 1. The zero-order valence-electron chi connectivity index (χ0n) is 14.8. The summed E-state index contributed by atoms with van der Waals surface area (Å²) in [4.78, 5) is 21.0. The third-order valence-corrected chi connectivity index (χ3v) is 4.40. The number of benzene rings is 1. The van der Waals surface area contributed by atoms with Crippen LogP contribution in [-0.2, 0) is 6.42 Å². The van der Waals surface area contributed by atoms with Crippen LogP contribution in [0.1, 0.15) is 24.5 Å². The highest BCUT2D eigenvalue weighted by Gasteiger charge is 2.20. The maximum atomic E-state index is 4.71. The summed E-state index contributed by atoms with van der Waals surface area (Å²) >= 11 is 0. The van der Waals surface area contributed by atoms with E-state index in [0.29, 0.717) is 0 Å². The minimum atomic E-state index is 0.176. The van der Waals surface area contributed by atoms with Crippen molar-refractivity contribution in [2.45, 2.75) is 26.3 Å². The van der Waals surface area contributed by atoms with Crippen LogP contribution >= 0.6 is 0 Å². The van der Waals surface area contributed by atoms with Crippen molar-refractivity contribution in [3.05, 3.63) is 73.0 Å². The molecular weight excluding hydrogens is 324 g/mol. The van der Waals surface area contributed by atoms with Gasteiger partial charge in [-0.1, -0.05) is 30.3 Å². The van der Waals surface area contributed by atoms with E-state index in [9.17, 15) is 0 Å². The molecule has 0 bridgehead atoms.